The molecule has 0 bridgehead atoms. The molecule has 0 aliphatic rings. The monoisotopic (exact) mass is 440 g/mol. The third-order valence-electron chi connectivity index (χ3n) is 4.68. The summed E-state index contributed by atoms with van der Waals surface area (Å²) in [5, 5.41) is 17.2. The molecular weight excluding hydrogens is 412 g/mol. The van der Waals surface area contributed by atoms with E-state index in [4.69, 9.17) is 5.73 Å². The van der Waals surface area contributed by atoms with Crippen molar-refractivity contribution in [1.29, 1.82) is 0 Å². The molecule has 2 atom stereocenters. The molecule has 0 aromatic heterocycles. The van der Waals surface area contributed by atoms with E-state index in [0.29, 0.717) is 0 Å². The van der Waals surface area contributed by atoms with Gasteiger partial charge in [0.1, 0.15) is 17.8 Å². The minimum absolute atomic E-state index is 0.0210. The fourth-order valence-corrected chi connectivity index (χ4v) is 3.08. The summed E-state index contributed by atoms with van der Waals surface area (Å²) in [7, 11) is 0. The van der Waals surface area contributed by atoms with E-state index in [-0.39, 0.29) is 37.5 Å². The van der Waals surface area contributed by atoms with Crippen LogP contribution in [0, 0.1) is 0 Å². The Balaban J connectivity index is 1.86. The van der Waals surface area contributed by atoms with Gasteiger partial charge in [-0.15, -0.1) is 0 Å². The van der Waals surface area contributed by atoms with E-state index in [9.17, 15) is 24.3 Å². The number of carbonyl (C=O) groups is 4. The highest BCUT2D eigenvalue weighted by Gasteiger charge is 2.21. The third kappa shape index (κ3) is 8.47. The second-order valence-corrected chi connectivity index (χ2v) is 7.38. The van der Waals surface area contributed by atoms with Gasteiger partial charge in [0, 0.05) is 32.7 Å². The lowest BCUT2D eigenvalue weighted by Crippen LogP contribution is -2.49. The topological polar surface area (TPSA) is 151 Å². The second kappa shape index (κ2) is 12.1. The molecule has 0 fully saturated rings. The Kier molecular flexibility index (Phi) is 9.22. The quantitative estimate of drug-likeness (QED) is 0.337. The Labute approximate surface area is 186 Å². The van der Waals surface area contributed by atoms with Gasteiger partial charge in [0.15, 0.2) is 0 Å². The fraction of sp³-hybridized carbons (Fsp3) is 0.304. The predicted octanol–water partition coefficient (Wildman–Crippen LogP) is 0.159. The number of hydrogen-bond acceptors (Lipinski definition) is 5. The van der Waals surface area contributed by atoms with E-state index in [1.165, 1.54) is 19.1 Å². The van der Waals surface area contributed by atoms with Crippen LogP contribution in [0.15, 0.2) is 54.6 Å². The summed E-state index contributed by atoms with van der Waals surface area (Å²) >= 11 is 0. The van der Waals surface area contributed by atoms with Crippen molar-refractivity contribution in [2.45, 2.75) is 38.3 Å². The Morgan fingerprint density at radius 2 is 1.47 bits per heavy atom. The summed E-state index contributed by atoms with van der Waals surface area (Å²) in [6.45, 7) is 1.33. The molecule has 0 saturated heterocycles. The van der Waals surface area contributed by atoms with Crippen molar-refractivity contribution >= 4 is 23.6 Å². The van der Waals surface area contributed by atoms with Crippen LogP contribution in [-0.4, -0.2) is 47.4 Å². The molecule has 2 aromatic carbocycles. The molecule has 2 rings (SSSR count). The molecule has 2 unspecified atom stereocenters. The van der Waals surface area contributed by atoms with Crippen LogP contribution in [0.25, 0.3) is 0 Å². The number of phenols is 1. The van der Waals surface area contributed by atoms with E-state index in [1.54, 1.807) is 12.1 Å². The van der Waals surface area contributed by atoms with Crippen molar-refractivity contribution in [2.24, 2.45) is 5.73 Å². The summed E-state index contributed by atoms with van der Waals surface area (Å²) in [4.78, 5) is 47.9. The number of amides is 4. The van der Waals surface area contributed by atoms with Crippen LogP contribution in [-0.2, 0) is 32.0 Å². The Morgan fingerprint density at radius 1 is 0.875 bits per heavy atom. The molecule has 0 saturated carbocycles. The first-order chi connectivity index (χ1) is 15.2. The zero-order valence-corrected chi connectivity index (χ0v) is 17.8. The molecule has 0 radical (unpaired) electrons. The van der Waals surface area contributed by atoms with Crippen molar-refractivity contribution in [3.05, 3.63) is 65.7 Å². The molecular formula is C23H28N4O5. The van der Waals surface area contributed by atoms with E-state index in [2.05, 4.69) is 16.0 Å². The molecule has 6 N–H and O–H groups in total. The number of nitrogens with one attached hydrogen (secondary N) is 3. The molecule has 2 aromatic rings. The Bertz CT molecular complexity index is 931. The Hall–Kier alpha value is -3.88. The maximum atomic E-state index is 12.5. The highest BCUT2D eigenvalue weighted by molar-refractivity contribution is 5.88. The minimum Gasteiger partial charge on any atom is -0.508 e. The van der Waals surface area contributed by atoms with E-state index in [0.717, 1.165) is 11.1 Å². The third-order valence-corrected chi connectivity index (χ3v) is 4.68. The number of rotatable bonds is 11. The van der Waals surface area contributed by atoms with Gasteiger partial charge in [-0.05, 0) is 23.3 Å². The highest BCUT2D eigenvalue weighted by atomic mass is 16.3. The Morgan fingerprint density at radius 3 is 2.06 bits per heavy atom. The molecule has 0 heterocycles. The first-order valence-corrected chi connectivity index (χ1v) is 10.2. The fourth-order valence-electron chi connectivity index (χ4n) is 3.08. The second-order valence-electron chi connectivity index (χ2n) is 7.38. The molecule has 0 aliphatic heterocycles. The van der Waals surface area contributed by atoms with Crippen molar-refractivity contribution in [2.75, 3.05) is 6.54 Å². The first-order valence-electron chi connectivity index (χ1n) is 10.2. The summed E-state index contributed by atoms with van der Waals surface area (Å²) in [5.41, 5.74) is 7.01. The van der Waals surface area contributed by atoms with Gasteiger partial charge in [-0.3, -0.25) is 19.2 Å². The van der Waals surface area contributed by atoms with E-state index in [1.807, 2.05) is 30.3 Å². The van der Waals surface area contributed by atoms with Gasteiger partial charge in [-0.1, -0.05) is 42.5 Å². The number of primary amides is 1. The van der Waals surface area contributed by atoms with E-state index >= 15 is 0 Å². The summed E-state index contributed by atoms with van der Waals surface area (Å²) in [6.07, 6.45) is 0.431. The lowest BCUT2D eigenvalue weighted by molar-refractivity contribution is -0.129. The number of phenolic OH excluding ortho intramolecular Hbond substituents is 1. The zero-order valence-electron chi connectivity index (χ0n) is 17.8. The number of aromatic hydroxyl groups is 1. The van der Waals surface area contributed by atoms with Crippen LogP contribution in [0.4, 0.5) is 0 Å². The number of nitrogens with two attached hydrogens (primary N) is 1. The van der Waals surface area contributed by atoms with Crippen molar-refractivity contribution in [3.63, 3.8) is 0 Å². The van der Waals surface area contributed by atoms with Gasteiger partial charge < -0.3 is 26.8 Å². The molecule has 9 heteroatoms. The van der Waals surface area contributed by atoms with Gasteiger partial charge in [-0.2, -0.15) is 0 Å². The maximum absolute atomic E-state index is 12.5. The molecule has 0 spiro atoms. The number of benzene rings is 2. The van der Waals surface area contributed by atoms with Gasteiger partial charge in [0.2, 0.25) is 23.6 Å². The summed E-state index contributed by atoms with van der Waals surface area (Å²) < 4.78 is 0. The summed E-state index contributed by atoms with van der Waals surface area (Å²) in [6, 6.07) is 13.8. The number of carbonyl (C=O) groups excluding carboxylic acids is 4. The summed E-state index contributed by atoms with van der Waals surface area (Å²) in [5.74, 6) is -1.80. The minimum atomic E-state index is -0.859. The SMILES string of the molecule is CC(=O)NC(Cc1ccc(O)cc1)C(=O)NCCC(=O)NC(Cc1ccccc1)C(N)=O. The van der Waals surface area contributed by atoms with Crippen LogP contribution in [0.2, 0.25) is 0 Å². The van der Waals surface area contributed by atoms with Crippen molar-refractivity contribution in [3.8, 4) is 5.75 Å². The maximum Gasteiger partial charge on any atom is 0.242 e. The average molecular weight is 441 g/mol. The van der Waals surface area contributed by atoms with E-state index < -0.39 is 29.8 Å². The highest BCUT2D eigenvalue weighted by Crippen LogP contribution is 2.11. The standard InChI is InChI=1S/C23H28N4O5/c1-15(28)26-20(14-17-7-9-18(29)10-8-17)23(32)25-12-11-21(30)27-19(22(24)31)13-16-5-3-2-4-6-16/h2-10,19-20,29H,11-14H2,1H3,(H2,24,31)(H,25,32)(H,26,28)(H,27,30). The molecule has 4 amide bonds. The van der Waals surface area contributed by atoms with Gasteiger partial charge >= 0.3 is 0 Å². The van der Waals surface area contributed by atoms with Crippen LogP contribution in [0.1, 0.15) is 24.5 Å². The smallest absolute Gasteiger partial charge is 0.242 e. The predicted molar refractivity (Wildman–Crippen MR) is 118 cm³/mol. The van der Waals surface area contributed by atoms with Gasteiger partial charge in [-0.25, -0.2) is 0 Å². The van der Waals surface area contributed by atoms with Gasteiger partial charge in [0.05, 0.1) is 0 Å². The zero-order chi connectivity index (χ0) is 23.5. The lowest BCUT2D eigenvalue weighted by atomic mass is 10.0. The average Bonchev–Trinajstić information content (AvgIpc) is 2.74. The molecule has 0 aliphatic carbocycles. The largest absolute Gasteiger partial charge is 0.508 e. The lowest BCUT2D eigenvalue weighted by Gasteiger charge is -2.18. The molecule has 32 heavy (non-hydrogen) atoms. The number of hydrogen-bond donors (Lipinski definition) is 5. The normalized spacial score (nSPS) is 12.3. The molecule has 9 nitrogen and oxygen atoms in total. The van der Waals surface area contributed by atoms with Crippen LogP contribution >= 0.6 is 0 Å². The van der Waals surface area contributed by atoms with Crippen molar-refractivity contribution in [1.82, 2.24) is 16.0 Å². The van der Waals surface area contributed by atoms with Crippen LogP contribution in [0.5, 0.6) is 5.75 Å². The van der Waals surface area contributed by atoms with Crippen LogP contribution in [0.3, 0.4) is 0 Å². The molecule has 170 valence electrons. The first kappa shape index (κ1) is 24.4. The van der Waals surface area contributed by atoms with Gasteiger partial charge in [0.25, 0.3) is 0 Å². The van der Waals surface area contributed by atoms with Crippen molar-refractivity contribution < 1.29 is 24.3 Å². The van der Waals surface area contributed by atoms with Crippen LogP contribution < -0.4 is 21.7 Å².